The summed E-state index contributed by atoms with van der Waals surface area (Å²) in [5.74, 6) is 3.17. The highest BCUT2D eigenvalue weighted by Crippen LogP contribution is 2.30. The summed E-state index contributed by atoms with van der Waals surface area (Å²) in [6, 6.07) is 6.10. The zero-order chi connectivity index (χ0) is 21.2. The van der Waals surface area contributed by atoms with Gasteiger partial charge >= 0.3 is 0 Å². The number of nitrogens with one attached hydrogen (secondary N) is 2. The van der Waals surface area contributed by atoms with E-state index in [0.29, 0.717) is 19.8 Å². The number of aliphatic imine (C=N–C) groups is 1. The number of guanidine groups is 1. The molecule has 1 aromatic carbocycles. The Kier molecular flexibility index (Phi) is 8.83. The maximum atomic E-state index is 5.75. The minimum absolute atomic E-state index is 0.0572. The molecule has 1 unspecified atom stereocenters. The first kappa shape index (κ1) is 22.6. The predicted octanol–water partition coefficient (Wildman–Crippen LogP) is 3.95. The summed E-state index contributed by atoms with van der Waals surface area (Å²) in [5, 5.41) is 10.8. The van der Waals surface area contributed by atoms with Crippen LogP contribution >= 0.6 is 0 Å². The van der Waals surface area contributed by atoms with Crippen LogP contribution in [0, 0.1) is 13.8 Å². The highest BCUT2D eigenvalue weighted by Gasteiger charge is 2.13. The van der Waals surface area contributed by atoms with E-state index in [1.54, 1.807) is 0 Å². The summed E-state index contributed by atoms with van der Waals surface area (Å²) >= 11 is 0. The molecule has 0 bridgehead atoms. The highest BCUT2D eigenvalue weighted by atomic mass is 16.5. The van der Waals surface area contributed by atoms with Crippen LogP contribution < -0.4 is 20.1 Å². The smallest absolute Gasteiger partial charge is 0.191 e. The first-order chi connectivity index (χ1) is 14.0. The van der Waals surface area contributed by atoms with E-state index in [1.807, 2.05) is 39.8 Å². The monoisotopic (exact) mass is 402 g/mol. The molecule has 1 aromatic heterocycles. The number of nitrogens with zero attached hydrogens (tertiary/aromatic N) is 2. The van der Waals surface area contributed by atoms with Gasteiger partial charge in [-0.2, -0.15) is 0 Å². The third-order valence-corrected chi connectivity index (χ3v) is 4.58. The SMILES string of the molecule is CCNC(=NCCc1c(C)noc1C)NC(C)c1ccc(OCC)c(OCC)c1. The molecule has 0 saturated heterocycles. The molecule has 160 valence electrons. The van der Waals surface area contributed by atoms with Crippen molar-refractivity contribution >= 4 is 5.96 Å². The topological polar surface area (TPSA) is 80.9 Å². The molecule has 0 amide bonds. The average molecular weight is 403 g/mol. The quantitative estimate of drug-likeness (QED) is 0.463. The minimum atomic E-state index is 0.0572. The molecule has 0 fully saturated rings. The lowest BCUT2D eigenvalue weighted by atomic mass is 10.1. The number of hydrogen-bond donors (Lipinski definition) is 2. The molecule has 7 heteroatoms. The molecule has 29 heavy (non-hydrogen) atoms. The van der Waals surface area contributed by atoms with E-state index < -0.39 is 0 Å². The van der Waals surface area contributed by atoms with Gasteiger partial charge in [-0.3, -0.25) is 4.99 Å². The van der Waals surface area contributed by atoms with Crippen LogP contribution in [0.3, 0.4) is 0 Å². The molecule has 2 rings (SSSR count). The fourth-order valence-electron chi connectivity index (χ4n) is 3.08. The maximum Gasteiger partial charge on any atom is 0.191 e. The molecule has 7 nitrogen and oxygen atoms in total. The minimum Gasteiger partial charge on any atom is -0.490 e. The Morgan fingerprint density at radius 2 is 1.86 bits per heavy atom. The molecule has 1 heterocycles. The van der Waals surface area contributed by atoms with Crippen molar-refractivity contribution in [1.29, 1.82) is 0 Å². The van der Waals surface area contributed by atoms with Gasteiger partial charge in [0.15, 0.2) is 17.5 Å². The average Bonchev–Trinajstić information content (AvgIpc) is 3.01. The van der Waals surface area contributed by atoms with Crippen molar-refractivity contribution in [3.05, 3.63) is 40.8 Å². The second kappa shape index (κ2) is 11.3. The number of aryl methyl sites for hydroxylation is 2. The van der Waals surface area contributed by atoms with Crippen LogP contribution in [0.5, 0.6) is 11.5 Å². The fourth-order valence-corrected chi connectivity index (χ4v) is 3.08. The Morgan fingerprint density at radius 3 is 2.48 bits per heavy atom. The van der Waals surface area contributed by atoms with Crippen molar-refractivity contribution in [2.45, 2.75) is 54.0 Å². The van der Waals surface area contributed by atoms with Gasteiger partial charge in [-0.1, -0.05) is 11.2 Å². The number of ether oxygens (including phenoxy) is 2. The third kappa shape index (κ3) is 6.41. The van der Waals surface area contributed by atoms with Crippen LogP contribution in [-0.4, -0.2) is 37.4 Å². The zero-order valence-corrected chi connectivity index (χ0v) is 18.5. The highest BCUT2D eigenvalue weighted by molar-refractivity contribution is 5.80. The Hall–Kier alpha value is -2.70. The lowest BCUT2D eigenvalue weighted by molar-refractivity contribution is 0.287. The van der Waals surface area contributed by atoms with Gasteiger partial charge in [0.05, 0.1) is 24.9 Å². The van der Waals surface area contributed by atoms with E-state index in [-0.39, 0.29) is 6.04 Å². The van der Waals surface area contributed by atoms with Gasteiger partial charge in [0, 0.05) is 18.7 Å². The second-order valence-electron chi connectivity index (χ2n) is 6.75. The molecule has 0 radical (unpaired) electrons. The van der Waals surface area contributed by atoms with Crippen LogP contribution in [0.15, 0.2) is 27.7 Å². The van der Waals surface area contributed by atoms with Gasteiger partial charge in [-0.05, 0) is 65.7 Å². The largest absolute Gasteiger partial charge is 0.490 e. The lowest BCUT2D eigenvalue weighted by Gasteiger charge is -2.20. The van der Waals surface area contributed by atoms with Crippen molar-refractivity contribution in [1.82, 2.24) is 15.8 Å². The molecule has 0 aliphatic rings. The molecule has 0 aliphatic carbocycles. The van der Waals surface area contributed by atoms with Gasteiger partial charge in [0.25, 0.3) is 0 Å². The Bertz CT molecular complexity index is 782. The molecule has 2 aromatic rings. The molecule has 0 spiro atoms. The van der Waals surface area contributed by atoms with Crippen LogP contribution in [0.1, 0.15) is 56.3 Å². The van der Waals surface area contributed by atoms with Gasteiger partial charge in [-0.15, -0.1) is 0 Å². The summed E-state index contributed by atoms with van der Waals surface area (Å²) < 4.78 is 16.6. The normalized spacial score (nSPS) is 12.6. The first-order valence-corrected chi connectivity index (χ1v) is 10.4. The molecule has 0 saturated carbocycles. The summed E-state index contributed by atoms with van der Waals surface area (Å²) in [5.41, 5.74) is 3.17. The first-order valence-electron chi connectivity index (χ1n) is 10.4. The van der Waals surface area contributed by atoms with E-state index in [2.05, 4.69) is 35.7 Å². The molecular weight excluding hydrogens is 368 g/mol. The standard InChI is InChI=1S/C22H34N4O3/c1-7-23-22(24-13-12-19-16(5)26-29-17(19)6)25-15(4)18-10-11-20(27-8-2)21(14-18)28-9-3/h10-11,14-15H,7-9,12-13H2,1-6H3,(H2,23,24,25). The number of benzene rings is 1. The van der Waals surface area contributed by atoms with Crippen LogP contribution in [0.25, 0.3) is 0 Å². The molecular formula is C22H34N4O3. The van der Waals surface area contributed by atoms with Crippen molar-refractivity contribution in [2.75, 3.05) is 26.3 Å². The predicted molar refractivity (Wildman–Crippen MR) is 116 cm³/mol. The van der Waals surface area contributed by atoms with E-state index in [9.17, 15) is 0 Å². The van der Waals surface area contributed by atoms with Crippen molar-refractivity contribution < 1.29 is 14.0 Å². The number of hydrogen-bond acceptors (Lipinski definition) is 5. The molecule has 1 atom stereocenters. The van der Waals surface area contributed by atoms with E-state index >= 15 is 0 Å². The summed E-state index contributed by atoms with van der Waals surface area (Å²) in [6.07, 6.45) is 0.795. The van der Waals surface area contributed by atoms with Crippen LogP contribution in [-0.2, 0) is 6.42 Å². The maximum absolute atomic E-state index is 5.75. The summed E-state index contributed by atoms with van der Waals surface area (Å²) in [6.45, 7) is 14.6. The van der Waals surface area contributed by atoms with Gasteiger partial charge in [-0.25, -0.2) is 0 Å². The van der Waals surface area contributed by atoms with Gasteiger partial charge in [0.2, 0.25) is 0 Å². The van der Waals surface area contributed by atoms with Crippen LogP contribution in [0.4, 0.5) is 0 Å². The Balaban J connectivity index is 2.07. The van der Waals surface area contributed by atoms with Crippen molar-refractivity contribution in [3.63, 3.8) is 0 Å². The molecule has 2 N–H and O–H groups in total. The van der Waals surface area contributed by atoms with E-state index in [1.165, 1.54) is 0 Å². The summed E-state index contributed by atoms with van der Waals surface area (Å²) in [7, 11) is 0. The third-order valence-electron chi connectivity index (χ3n) is 4.58. The van der Waals surface area contributed by atoms with Crippen LogP contribution in [0.2, 0.25) is 0 Å². The summed E-state index contributed by atoms with van der Waals surface area (Å²) in [4.78, 5) is 4.71. The second-order valence-corrected chi connectivity index (χ2v) is 6.75. The number of aromatic nitrogens is 1. The van der Waals surface area contributed by atoms with Gasteiger partial charge in [0.1, 0.15) is 5.76 Å². The van der Waals surface area contributed by atoms with Crippen molar-refractivity contribution in [2.24, 2.45) is 4.99 Å². The Labute approximate surface area is 173 Å². The lowest BCUT2D eigenvalue weighted by Crippen LogP contribution is -2.38. The van der Waals surface area contributed by atoms with Crippen molar-refractivity contribution in [3.8, 4) is 11.5 Å². The van der Waals surface area contributed by atoms with E-state index in [0.717, 1.165) is 53.0 Å². The Morgan fingerprint density at radius 1 is 1.14 bits per heavy atom. The number of rotatable bonds is 10. The van der Waals surface area contributed by atoms with Gasteiger partial charge < -0.3 is 24.6 Å². The van der Waals surface area contributed by atoms with E-state index in [4.69, 9.17) is 19.0 Å². The molecule has 0 aliphatic heterocycles. The zero-order valence-electron chi connectivity index (χ0n) is 18.5. The fraction of sp³-hybridized carbons (Fsp3) is 0.545.